The summed E-state index contributed by atoms with van der Waals surface area (Å²) in [6.45, 7) is 6.14. The van der Waals surface area contributed by atoms with Crippen molar-refractivity contribution in [2.75, 3.05) is 6.61 Å². The number of carbonyl (C=O) groups excluding carboxylic acids is 1. The predicted octanol–water partition coefficient (Wildman–Crippen LogP) is 2.30. The molecule has 0 aromatic heterocycles. The van der Waals surface area contributed by atoms with E-state index >= 15 is 0 Å². The lowest BCUT2D eigenvalue weighted by atomic mass is 10.2. The minimum atomic E-state index is -0.488. The van der Waals surface area contributed by atoms with Crippen LogP contribution in [0.4, 0.5) is 4.79 Å². The van der Waals surface area contributed by atoms with Gasteiger partial charge in [-0.15, -0.1) is 0 Å². The molecular formula is C9H18N2O2. The second-order valence-electron chi connectivity index (χ2n) is 2.78. The summed E-state index contributed by atoms with van der Waals surface area (Å²) in [6.07, 6.45) is 2.66. The van der Waals surface area contributed by atoms with Crippen LogP contribution < -0.4 is 5.43 Å². The molecule has 0 radical (unpaired) electrons. The van der Waals surface area contributed by atoms with E-state index in [4.69, 9.17) is 0 Å². The van der Waals surface area contributed by atoms with E-state index in [-0.39, 0.29) is 0 Å². The van der Waals surface area contributed by atoms with Crippen LogP contribution in [0.3, 0.4) is 0 Å². The fraction of sp³-hybridized carbons (Fsp3) is 0.778. The Bertz CT molecular complexity index is 178. The van der Waals surface area contributed by atoms with Gasteiger partial charge in [-0.2, -0.15) is 5.10 Å². The van der Waals surface area contributed by atoms with Crippen LogP contribution >= 0.6 is 0 Å². The van der Waals surface area contributed by atoms with Crippen molar-refractivity contribution in [3.8, 4) is 0 Å². The molecule has 0 aliphatic rings. The van der Waals surface area contributed by atoms with Crippen molar-refractivity contribution in [3.63, 3.8) is 0 Å². The molecule has 0 unspecified atom stereocenters. The van der Waals surface area contributed by atoms with Crippen molar-refractivity contribution in [2.45, 2.75) is 40.0 Å². The van der Waals surface area contributed by atoms with Crippen LogP contribution in [-0.4, -0.2) is 18.4 Å². The maximum Gasteiger partial charge on any atom is 0.427 e. The minimum absolute atomic E-state index is 0.370. The van der Waals surface area contributed by atoms with E-state index in [1.807, 2.05) is 6.92 Å². The number of carbonyl (C=O) groups is 1. The van der Waals surface area contributed by atoms with E-state index in [9.17, 15) is 4.79 Å². The van der Waals surface area contributed by atoms with Crippen LogP contribution in [0.1, 0.15) is 40.0 Å². The molecule has 4 heteroatoms. The zero-order valence-electron chi connectivity index (χ0n) is 8.59. The molecule has 0 spiro atoms. The number of amides is 1. The van der Waals surface area contributed by atoms with Crippen LogP contribution in [0.15, 0.2) is 5.10 Å². The number of hydrazone groups is 1. The Balaban J connectivity index is 3.62. The lowest BCUT2D eigenvalue weighted by Gasteiger charge is -2.01. The van der Waals surface area contributed by atoms with Crippen LogP contribution in [0.5, 0.6) is 0 Å². The standard InChI is InChI=1S/C9H18N2O2/c1-4-6-7-8(3)10-11-9(12)13-5-2/h4-7H2,1-3H3,(H,11,12)/b10-8+. The zero-order chi connectivity index (χ0) is 10.1. The van der Waals surface area contributed by atoms with E-state index < -0.39 is 6.09 Å². The Hall–Kier alpha value is -1.06. The molecule has 1 amide bonds. The van der Waals surface area contributed by atoms with E-state index in [2.05, 4.69) is 22.2 Å². The summed E-state index contributed by atoms with van der Waals surface area (Å²) in [5.41, 5.74) is 3.24. The lowest BCUT2D eigenvalue weighted by Crippen LogP contribution is -2.20. The maximum atomic E-state index is 10.8. The molecule has 0 atom stereocenters. The topological polar surface area (TPSA) is 50.7 Å². The Morgan fingerprint density at radius 3 is 2.69 bits per heavy atom. The molecular weight excluding hydrogens is 168 g/mol. The quantitative estimate of drug-likeness (QED) is 0.529. The fourth-order valence-electron chi connectivity index (χ4n) is 0.793. The van der Waals surface area contributed by atoms with Gasteiger partial charge in [0.2, 0.25) is 0 Å². The van der Waals surface area contributed by atoms with Gasteiger partial charge in [0, 0.05) is 5.71 Å². The monoisotopic (exact) mass is 186 g/mol. The molecule has 0 aromatic rings. The first kappa shape index (κ1) is 11.9. The van der Waals surface area contributed by atoms with Crippen molar-refractivity contribution in [2.24, 2.45) is 5.10 Å². The molecule has 13 heavy (non-hydrogen) atoms. The predicted molar refractivity (Wildman–Crippen MR) is 52.8 cm³/mol. The van der Waals surface area contributed by atoms with Crippen molar-refractivity contribution < 1.29 is 9.53 Å². The number of rotatable bonds is 5. The number of hydrogen-bond donors (Lipinski definition) is 1. The van der Waals surface area contributed by atoms with E-state index in [1.165, 1.54) is 0 Å². The van der Waals surface area contributed by atoms with E-state index in [0.717, 1.165) is 25.0 Å². The van der Waals surface area contributed by atoms with Gasteiger partial charge in [-0.05, 0) is 26.7 Å². The molecule has 0 aromatic carbocycles. The SMILES string of the molecule is CCCC/C(C)=N/NC(=O)OCC. The highest BCUT2D eigenvalue weighted by molar-refractivity contribution is 5.83. The van der Waals surface area contributed by atoms with Gasteiger partial charge >= 0.3 is 6.09 Å². The normalized spacial score (nSPS) is 11.2. The molecule has 1 N–H and O–H groups in total. The van der Waals surface area contributed by atoms with Crippen LogP contribution in [0.2, 0.25) is 0 Å². The first-order valence-electron chi connectivity index (χ1n) is 4.66. The summed E-state index contributed by atoms with van der Waals surface area (Å²) in [7, 11) is 0. The van der Waals surface area contributed by atoms with Gasteiger partial charge in [0.25, 0.3) is 0 Å². The summed E-state index contributed by atoms with van der Waals surface area (Å²) < 4.78 is 4.64. The summed E-state index contributed by atoms with van der Waals surface area (Å²) in [5.74, 6) is 0. The highest BCUT2D eigenvalue weighted by Crippen LogP contribution is 1.95. The lowest BCUT2D eigenvalue weighted by molar-refractivity contribution is 0.152. The van der Waals surface area contributed by atoms with E-state index in [0.29, 0.717) is 6.61 Å². The molecule has 0 saturated carbocycles. The highest BCUT2D eigenvalue weighted by Gasteiger charge is 1.97. The Morgan fingerprint density at radius 2 is 2.15 bits per heavy atom. The number of nitrogens with one attached hydrogen (secondary N) is 1. The molecule has 0 bridgehead atoms. The molecule has 0 fully saturated rings. The number of unbranched alkanes of at least 4 members (excludes halogenated alkanes) is 1. The first-order chi connectivity index (χ1) is 6.20. The molecule has 0 aliphatic carbocycles. The second kappa shape index (κ2) is 7.58. The van der Waals surface area contributed by atoms with Crippen LogP contribution in [-0.2, 0) is 4.74 Å². The molecule has 0 aliphatic heterocycles. The van der Waals surface area contributed by atoms with Crippen molar-refractivity contribution in [1.29, 1.82) is 0 Å². The zero-order valence-corrected chi connectivity index (χ0v) is 8.59. The van der Waals surface area contributed by atoms with Gasteiger partial charge in [0.15, 0.2) is 0 Å². The maximum absolute atomic E-state index is 10.8. The molecule has 0 heterocycles. The van der Waals surface area contributed by atoms with Crippen LogP contribution in [0, 0.1) is 0 Å². The van der Waals surface area contributed by atoms with Gasteiger partial charge in [0.1, 0.15) is 0 Å². The van der Waals surface area contributed by atoms with Crippen molar-refractivity contribution in [1.82, 2.24) is 5.43 Å². The number of hydrogen-bond acceptors (Lipinski definition) is 3. The Kier molecular flexibility index (Phi) is 6.96. The highest BCUT2D eigenvalue weighted by atomic mass is 16.5. The smallest absolute Gasteiger partial charge is 0.427 e. The van der Waals surface area contributed by atoms with Crippen LogP contribution in [0.25, 0.3) is 0 Å². The molecule has 0 rings (SSSR count). The average Bonchev–Trinajstić information content (AvgIpc) is 2.12. The van der Waals surface area contributed by atoms with Gasteiger partial charge in [-0.25, -0.2) is 10.2 Å². The third kappa shape index (κ3) is 7.31. The van der Waals surface area contributed by atoms with Gasteiger partial charge in [-0.1, -0.05) is 13.3 Å². The molecule has 4 nitrogen and oxygen atoms in total. The number of ether oxygens (including phenoxy) is 1. The summed E-state index contributed by atoms with van der Waals surface area (Å²) in [5, 5.41) is 3.87. The third-order valence-electron chi connectivity index (χ3n) is 1.51. The Labute approximate surface area is 79.3 Å². The molecule has 0 saturated heterocycles. The van der Waals surface area contributed by atoms with Crippen molar-refractivity contribution in [3.05, 3.63) is 0 Å². The Morgan fingerprint density at radius 1 is 1.46 bits per heavy atom. The van der Waals surface area contributed by atoms with Gasteiger partial charge in [0.05, 0.1) is 6.61 Å². The van der Waals surface area contributed by atoms with Gasteiger partial charge < -0.3 is 4.74 Å². The first-order valence-corrected chi connectivity index (χ1v) is 4.66. The second-order valence-corrected chi connectivity index (χ2v) is 2.78. The summed E-state index contributed by atoms with van der Waals surface area (Å²) in [4.78, 5) is 10.8. The third-order valence-corrected chi connectivity index (χ3v) is 1.51. The fourth-order valence-corrected chi connectivity index (χ4v) is 0.793. The molecule has 76 valence electrons. The summed E-state index contributed by atoms with van der Waals surface area (Å²) in [6, 6.07) is 0. The van der Waals surface area contributed by atoms with Gasteiger partial charge in [-0.3, -0.25) is 0 Å². The summed E-state index contributed by atoms with van der Waals surface area (Å²) >= 11 is 0. The van der Waals surface area contributed by atoms with E-state index in [1.54, 1.807) is 6.92 Å². The number of nitrogens with zero attached hydrogens (tertiary/aromatic N) is 1. The average molecular weight is 186 g/mol. The largest absolute Gasteiger partial charge is 0.449 e. The minimum Gasteiger partial charge on any atom is -0.449 e. The van der Waals surface area contributed by atoms with Crippen molar-refractivity contribution >= 4 is 11.8 Å².